The minimum absolute atomic E-state index is 0.252. The molecule has 0 aliphatic carbocycles. The molecule has 26 heavy (non-hydrogen) atoms. The Morgan fingerprint density at radius 1 is 1.12 bits per heavy atom. The Morgan fingerprint density at radius 3 is 2.42 bits per heavy atom. The molecule has 0 aliphatic heterocycles. The van der Waals surface area contributed by atoms with Gasteiger partial charge in [0, 0.05) is 5.69 Å². The van der Waals surface area contributed by atoms with Crippen LogP contribution in [0.5, 0.6) is 0 Å². The van der Waals surface area contributed by atoms with Crippen LogP contribution in [-0.4, -0.2) is 21.2 Å². The van der Waals surface area contributed by atoms with E-state index >= 15 is 0 Å². The molecule has 3 aromatic rings. The molecular weight excluding hydrogens is 326 g/mol. The van der Waals surface area contributed by atoms with E-state index in [1.165, 1.54) is 0 Å². The highest BCUT2D eigenvalue weighted by atomic mass is 16.6. The normalized spacial score (nSPS) is 12.8. The maximum absolute atomic E-state index is 12.3. The smallest absolute Gasteiger partial charge is 0.408 e. The Bertz CT molecular complexity index is 895. The van der Waals surface area contributed by atoms with Crippen LogP contribution in [0.15, 0.2) is 54.6 Å². The van der Waals surface area contributed by atoms with Crippen molar-refractivity contribution in [1.82, 2.24) is 14.9 Å². The van der Waals surface area contributed by atoms with Crippen LogP contribution < -0.4 is 5.32 Å². The number of amides is 1. The van der Waals surface area contributed by atoms with Crippen molar-refractivity contribution in [3.8, 4) is 5.69 Å². The predicted molar refractivity (Wildman–Crippen MR) is 103 cm³/mol. The summed E-state index contributed by atoms with van der Waals surface area (Å²) in [4.78, 5) is 17.1. The number of rotatable bonds is 4. The van der Waals surface area contributed by atoms with Gasteiger partial charge in [-0.2, -0.15) is 0 Å². The summed E-state index contributed by atoms with van der Waals surface area (Å²) in [6, 6.07) is 17.8. The third-order valence-electron chi connectivity index (χ3n) is 4.01. The number of carbonyl (C=O) groups is 1. The number of imidazole rings is 1. The van der Waals surface area contributed by atoms with Crippen LogP contribution in [0.4, 0.5) is 4.79 Å². The van der Waals surface area contributed by atoms with Gasteiger partial charge in [0.15, 0.2) is 0 Å². The monoisotopic (exact) mass is 351 g/mol. The number of nitrogens with one attached hydrogen (secondary N) is 1. The van der Waals surface area contributed by atoms with E-state index in [0.29, 0.717) is 6.42 Å². The van der Waals surface area contributed by atoms with Gasteiger partial charge in [-0.3, -0.25) is 4.57 Å². The molecule has 1 unspecified atom stereocenters. The van der Waals surface area contributed by atoms with Gasteiger partial charge in [-0.25, -0.2) is 9.78 Å². The maximum Gasteiger partial charge on any atom is 0.408 e. The Balaban J connectivity index is 2.04. The summed E-state index contributed by atoms with van der Waals surface area (Å²) in [5.41, 5.74) is 2.39. The van der Waals surface area contributed by atoms with E-state index in [4.69, 9.17) is 9.72 Å². The first-order valence-corrected chi connectivity index (χ1v) is 8.91. The highest BCUT2D eigenvalue weighted by molar-refractivity contribution is 5.78. The standard InChI is InChI=1S/C21H25N3O2/c1-5-16(23-20(25)26-21(2,3)4)19-22-17-13-9-10-14-18(17)24(19)15-11-7-6-8-12-15/h6-14,16H,5H2,1-4H3,(H,23,25). The van der Waals surface area contributed by atoms with Crippen molar-refractivity contribution in [1.29, 1.82) is 0 Å². The zero-order valence-electron chi connectivity index (χ0n) is 15.7. The van der Waals surface area contributed by atoms with Crippen molar-refractivity contribution in [2.75, 3.05) is 0 Å². The second-order valence-electron chi connectivity index (χ2n) is 7.24. The Labute approximate surface area is 154 Å². The van der Waals surface area contributed by atoms with Crippen LogP contribution in [0.1, 0.15) is 46.0 Å². The first kappa shape index (κ1) is 18.0. The minimum Gasteiger partial charge on any atom is -0.444 e. The molecular formula is C21H25N3O2. The molecule has 1 heterocycles. The Kier molecular flexibility index (Phi) is 4.98. The predicted octanol–water partition coefficient (Wildman–Crippen LogP) is 5.00. The van der Waals surface area contributed by atoms with Gasteiger partial charge in [0.1, 0.15) is 11.4 Å². The van der Waals surface area contributed by atoms with Crippen LogP contribution in [0.25, 0.3) is 16.7 Å². The van der Waals surface area contributed by atoms with E-state index in [9.17, 15) is 4.79 Å². The molecule has 5 nitrogen and oxygen atoms in total. The van der Waals surface area contributed by atoms with E-state index in [1.807, 2.05) is 82.3 Å². The summed E-state index contributed by atoms with van der Waals surface area (Å²) in [5, 5.41) is 2.97. The van der Waals surface area contributed by atoms with Gasteiger partial charge in [0.05, 0.1) is 17.1 Å². The van der Waals surface area contributed by atoms with Gasteiger partial charge < -0.3 is 10.1 Å². The summed E-state index contributed by atoms with van der Waals surface area (Å²) in [6.45, 7) is 7.59. The second kappa shape index (κ2) is 7.20. The molecule has 1 aromatic heterocycles. The summed E-state index contributed by atoms with van der Waals surface area (Å²) < 4.78 is 7.52. The van der Waals surface area contributed by atoms with Crippen LogP contribution in [-0.2, 0) is 4.74 Å². The number of carbonyl (C=O) groups excluding carboxylic acids is 1. The highest BCUT2D eigenvalue weighted by Crippen LogP contribution is 2.27. The minimum atomic E-state index is -0.540. The first-order chi connectivity index (χ1) is 12.4. The zero-order valence-corrected chi connectivity index (χ0v) is 15.7. The lowest BCUT2D eigenvalue weighted by Gasteiger charge is -2.23. The van der Waals surface area contributed by atoms with Gasteiger partial charge in [-0.05, 0) is 51.5 Å². The summed E-state index contributed by atoms with van der Waals surface area (Å²) >= 11 is 0. The van der Waals surface area contributed by atoms with Crippen LogP contribution in [0, 0.1) is 0 Å². The second-order valence-corrected chi connectivity index (χ2v) is 7.24. The van der Waals surface area contributed by atoms with Crippen molar-refractivity contribution in [2.45, 2.75) is 45.8 Å². The number of alkyl carbamates (subject to hydrolysis) is 1. The number of hydrogen-bond acceptors (Lipinski definition) is 3. The summed E-state index contributed by atoms with van der Waals surface area (Å²) in [6.07, 6.45) is 0.270. The molecule has 3 rings (SSSR count). The fourth-order valence-electron chi connectivity index (χ4n) is 2.93. The molecule has 5 heteroatoms. The number of para-hydroxylation sites is 3. The van der Waals surface area contributed by atoms with Gasteiger partial charge >= 0.3 is 6.09 Å². The van der Waals surface area contributed by atoms with Crippen LogP contribution >= 0.6 is 0 Å². The number of nitrogens with zero attached hydrogens (tertiary/aromatic N) is 2. The average molecular weight is 351 g/mol. The molecule has 0 saturated heterocycles. The average Bonchev–Trinajstić information content (AvgIpc) is 2.98. The highest BCUT2D eigenvalue weighted by Gasteiger charge is 2.24. The largest absolute Gasteiger partial charge is 0.444 e. The third-order valence-corrected chi connectivity index (χ3v) is 4.01. The molecule has 0 spiro atoms. The first-order valence-electron chi connectivity index (χ1n) is 8.91. The lowest BCUT2D eigenvalue weighted by molar-refractivity contribution is 0.0499. The molecule has 2 aromatic carbocycles. The van der Waals surface area contributed by atoms with E-state index < -0.39 is 11.7 Å². The molecule has 0 fully saturated rings. The van der Waals surface area contributed by atoms with Crippen molar-refractivity contribution in [3.05, 3.63) is 60.4 Å². The number of ether oxygens (including phenoxy) is 1. The molecule has 1 amide bonds. The van der Waals surface area contributed by atoms with Gasteiger partial charge in [-0.15, -0.1) is 0 Å². The van der Waals surface area contributed by atoms with Gasteiger partial charge in [0.2, 0.25) is 0 Å². The van der Waals surface area contributed by atoms with Crippen LogP contribution in [0.3, 0.4) is 0 Å². The van der Waals surface area contributed by atoms with E-state index in [-0.39, 0.29) is 6.04 Å². The summed E-state index contributed by atoms with van der Waals surface area (Å²) in [5.74, 6) is 0.797. The van der Waals surface area contributed by atoms with E-state index in [1.54, 1.807) is 0 Å². The number of hydrogen-bond donors (Lipinski definition) is 1. The van der Waals surface area contributed by atoms with Gasteiger partial charge in [-0.1, -0.05) is 37.3 Å². The van der Waals surface area contributed by atoms with Crippen molar-refractivity contribution in [3.63, 3.8) is 0 Å². The van der Waals surface area contributed by atoms with Crippen LogP contribution in [0.2, 0.25) is 0 Å². The lowest BCUT2D eigenvalue weighted by Crippen LogP contribution is -2.35. The fourth-order valence-corrected chi connectivity index (χ4v) is 2.93. The van der Waals surface area contributed by atoms with Crippen molar-refractivity contribution < 1.29 is 9.53 Å². The van der Waals surface area contributed by atoms with E-state index in [0.717, 1.165) is 22.5 Å². The quantitative estimate of drug-likeness (QED) is 0.719. The summed E-state index contributed by atoms with van der Waals surface area (Å²) in [7, 11) is 0. The topological polar surface area (TPSA) is 56.1 Å². The number of fused-ring (bicyclic) bond motifs is 1. The third kappa shape index (κ3) is 3.87. The SMILES string of the molecule is CCC(NC(=O)OC(C)(C)C)c1nc2ccccc2n1-c1ccccc1. The molecule has 0 saturated carbocycles. The molecule has 1 N–H and O–H groups in total. The lowest BCUT2D eigenvalue weighted by atomic mass is 10.2. The molecule has 136 valence electrons. The Morgan fingerprint density at radius 2 is 1.77 bits per heavy atom. The molecule has 0 radical (unpaired) electrons. The molecule has 0 bridgehead atoms. The van der Waals surface area contributed by atoms with Gasteiger partial charge in [0.25, 0.3) is 0 Å². The number of aromatic nitrogens is 2. The maximum atomic E-state index is 12.3. The Hall–Kier alpha value is -2.82. The van der Waals surface area contributed by atoms with E-state index in [2.05, 4.69) is 9.88 Å². The van der Waals surface area contributed by atoms with Crippen molar-refractivity contribution >= 4 is 17.1 Å². The number of benzene rings is 2. The molecule has 1 atom stereocenters. The molecule has 0 aliphatic rings. The van der Waals surface area contributed by atoms with Crippen molar-refractivity contribution in [2.24, 2.45) is 0 Å². The fraction of sp³-hybridized carbons (Fsp3) is 0.333. The zero-order chi connectivity index (χ0) is 18.7.